The minimum atomic E-state index is 0. The zero-order chi connectivity index (χ0) is 26.7. The van der Waals surface area contributed by atoms with Crippen LogP contribution in [0.25, 0.3) is 22.8 Å². The standard InChI is InChI=1S/2C10H8N2.2C5H6N2.2ClH.Ru/c2*1-3-7-11-9(5-1)10-6-2-4-8-12-10;2*6-5-1-3-7-4-2-5;;;/h2*1-8H;2*1-4H,(H2,6,7);2*1H;/q;;;;;;+2/p-2. The molecule has 0 spiro atoms. The van der Waals surface area contributed by atoms with Gasteiger partial charge in [0.25, 0.3) is 0 Å². The number of pyridine rings is 6. The van der Waals surface area contributed by atoms with E-state index in [1.165, 1.54) is 0 Å². The second-order valence-electron chi connectivity index (χ2n) is 7.42. The molecule has 6 heterocycles. The molecule has 0 saturated heterocycles. The molecule has 6 rings (SSSR count). The van der Waals surface area contributed by atoms with Gasteiger partial charge in [-0.25, -0.2) is 0 Å². The Labute approximate surface area is 265 Å². The van der Waals surface area contributed by atoms with E-state index >= 15 is 0 Å². The molecule has 0 atom stereocenters. The normalized spacial score (nSPS) is 8.59. The first-order valence-corrected chi connectivity index (χ1v) is 11.7. The molecule has 0 saturated carbocycles. The molecule has 11 heteroatoms. The summed E-state index contributed by atoms with van der Waals surface area (Å²) < 4.78 is 0. The molecular formula is C30H28Cl2N8Ru. The van der Waals surface area contributed by atoms with Crippen molar-refractivity contribution in [2.45, 2.75) is 0 Å². The first-order chi connectivity index (χ1) is 18.7. The van der Waals surface area contributed by atoms with Crippen LogP contribution in [0, 0.1) is 0 Å². The monoisotopic (exact) mass is 672 g/mol. The smallest absolute Gasteiger partial charge is 1.00 e. The van der Waals surface area contributed by atoms with Gasteiger partial charge in [-0.15, -0.1) is 0 Å². The molecule has 0 fully saturated rings. The fourth-order valence-corrected chi connectivity index (χ4v) is 2.78. The molecule has 0 bridgehead atoms. The first kappa shape index (κ1) is 36.7. The summed E-state index contributed by atoms with van der Waals surface area (Å²) in [7, 11) is 0. The first-order valence-electron chi connectivity index (χ1n) is 11.7. The summed E-state index contributed by atoms with van der Waals surface area (Å²) >= 11 is 0. The summed E-state index contributed by atoms with van der Waals surface area (Å²) in [6, 6.07) is 30.2. The van der Waals surface area contributed by atoms with E-state index in [4.69, 9.17) is 11.5 Å². The Hall–Kier alpha value is -4.30. The number of aromatic nitrogens is 6. The average molecular weight is 673 g/mol. The molecule has 0 aliphatic heterocycles. The largest absolute Gasteiger partial charge is 2.00 e. The predicted octanol–water partition coefficient (Wildman–Crippen LogP) is -0.380. The van der Waals surface area contributed by atoms with Crippen molar-refractivity contribution in [3.05, 3.63) is 147 Å². The summed E-state index contributed by atoms with van der Waals surface area (Å²) in [5, 5.41) is 0. The van der Waals surface area contributed by atoms with Crippen molar-refractivity contribution >= 4 is 11.4 Å². The topological polar surface area (TPSA) is 129 Å². The number of nitrogen functional groups attached to an aromatic ring is 2. The van der Waals surface area contributed by atoms with Gasteiger partial charge >= 0.3 is 19.5 Å². The summed E-state index contributed by atoms with van der Waals surface area (Å²) in [4.78, 5) is 24.3. The number of hydrogen-bond acceptors (Lipinski definition) is 8. The molecule has 0 amide bonds. The van der Waals surface area contributed by atoms with E-state index in [1.807, 2.05) is 72.8 Å². The van der Waals surface area contributed by atoms with Gasteiger partial charge < -0.3 is 36.3 Å². The molecular weight excluding hydrogens is 644 g/mol. The molecule has 6 aromatic heterocycles. The quantitative estimate of drug-likeness (QED) is 0.239. The van der Waals surface area contributed by atoms with Crippen molar-refractivity contribution in [1.29, 1.82) is 0 Å². The van der Waals surface area contributed by atoms with Crippen molar-refractivity contribution in [3.63, 3.8) is 0 Å². The third-order valence-electron chi connectivity index (χ3n) is 4.60. The van der Waals surface area contributed by atoms with Gasteiger partial charge in [-0.2, -0.15) is 0 Å². The summed E-state index contributed by atoms with van der Waals surface area (Å²) in [6.07, 6.45) is 13.7. The van der Waals surface area contributed by atoms with Crippen LogP contribution < -0.4 is 36.3 Å². The van der Waals surface area contributed by atoms with Crippen LogP contribution in [-0.4, -0.2) is 29.9 Å². The van der Waals surface area contributed by atoms with Crippen LogP contribution in [0.4, 0.5) is 11.4 Å². The van der Waals surface area contributed by atoms with E-state index < -0.39 is 0 Å². The Kier molecular flexibility index (Phi) is 20.2. The molecule has 0 aliphatic carbocycles. The molecule has 210 valence electrons. The summed E-state index contributed by atoms with van der Waals surface area (Å²) in [5.41, 5.74) is 15.8. The van der Waals surface area contributed by atoms with Crippen LogP contribution in [0.15, 0.2) is 147 Å². The molecule has 8 nitrogen and oxygen atoms in total. The Morgan fingerprint density at radius 3 is 0.732 bits per heavy atom. The van der Waals surface area contributed by atoms with Gasteiger partial charge in [0.15, 0.2) is 0 Å². The SMILES string of the molecule is Nc1ccncc1.Nc1ccncc1.[Cl-].[Cl-].[Ru+2].c1ccc(-c2ccccn2)nc1.c1ccc(-c2ccccn2)nc1. The van der Waals surface area contributed by atoms with Crippen LogP contribution in [0.5, 0.6) is 0 Å². The van der Waals surface area contributed by atoms with Crippen molar-refractivity contribution < 1.29 is 44.3 Å². The van der Waals surface area contributed by atoms with Crippen molar-refractivity contribution in [2.24, 2.45) is 0 Å². The van der Waals surface area contributed by atoms with E-state index in [1.54, 1.807) is 73.8 Å². The molecule has 41 heavy (non-hydrogen) atoms. The van der Waals surface area contributed by atoms with Crippen LogP contribution in [-0.2, 0) is 19.5 Å². The maximum Gasteiger partial charge on any atom is 2.00 e. The van der Waals surface area contributed by atoms with E-state index in [2.05, 4.69) is 29.9 Å². The summed E-state index contributed by atoms with van der Waals surface area (Å²) in [6.45, 7) is 0. The van der Waals surface area contributed by atoms with Crippen LogP contribution >= 0.6 is 0 Å². The zero-order valence-electron chi connectivity index (χ0n) is 21.8. The maximum absolute atomic E-state index is 5.32. The Balaban J connectivity index is 0.000000523. The van der Waals surface area contributed by atoms with Crippen LogP contribution in [0.1, 0.15) is 0 Å². The number of halogens is 2. The van der Waals surface area contributed by atoms with Crippen LogP contribution in [0.3, 0.4) is 0 Å². The number of hydrogen-bond donors (Lipinski definition) is 2. The van der Waals surface area contributed by atoms with Crippen molar-refractivity contribution in [1.82, 2.24) is 29.9 Å². The average Bonchev–Trinajstić information content (AvgIpc) is 3.01. The molecule has 0 aromatic carbocycles. The fraction of sp³-hybridized carbons (Fsp3) is 0. The third kappa shape index (κ3) is 15.2. The van der Waals surface area contributed by atoms with Gasteiger partial charge in [-0.1, -0.05) is 24.3 Å². The van der Waals surface area contributed by atoms with Crippen molar-refractivity contribution in [2.75, 3.05) is 11.5 Å². The maximum atomic E-state index is 5.32. The second kappa shape index (κ2) is 22.5. The molecule has 0 aliphatic rings. The van der Waals surface area contributed by atoms with Crippen LogP contribution in [0.2, 0.25) is 0 Å². The molecule has 0 unspecified atom stereocenters. The number of nitrogens with zero attached hydrogens (tertiary/aromatic N) is 6. The van der Waals surface area contributed by atoms with Gasteiger partial charge in [-0.3, -0.25) is 29.9 Å². The Bertz CT molecular complexity index is 1220. The Morgan fingerprint density at radius 2 is 0.585 bits per heavy atom. The minimum Gasteiger partial charge on any atom is -1.00 e. The van der Waals surface area contributed by atoms with E-state index in [0.717, 1.165) is 34.2 Å². The second-order valence-corrected chi connectivity index (χ2v) is 7.42. The number of rotatable bonds is 2. The van der Waals surface area contributed by atoms with E-state index in [0.29, 0.717) is 0 Å². The number of nitrogens with two attached hydrogens (primary N) is 2. The minimum absolute atomic E-state index is 0. The molecule has 0 radical (unpaired) electrons. The molecule has 6 aromatic rings. The van der Waals surface area contributed by atoms with E-state index in [9.17, 15) is 0 Å². The van der Waals surface area contributed by atoms with Gasteiger partial charge in [0.05, 0.1) is 22.8 Å². The van der Waals surface area contributed by atoms with Gasteiger partial charge in [0.2, 0.25) is 0 Å². The van der Waals surface area contributed by atoms with Crippen molar-refractivity contribution in [3.8, 4) is 22.8 Å². The van der Waals surface area contributed by atoms with Gasteiger partial charge in [0, 0.05) is 60.9 Å². The molecule has 4 N–H and O–H groups in total. The fourth-order valence-electron chi connectivity index (χ4n) is 2.78. The number of anilines is 2. The Morgan fingerprint density at radius 1 is 0.341 bits per heavy atom. The summed E-state index contributed by atoms with van der Waals surface area (Å²) in [5.74, 6) is 0. The predicted molar refractivity (Wildman–Crippen MR) is 152 cm³/mol. The van der Waals surface area contributed by atoms with E-state index in [-0.39, 0.29) is 44.3 Å². The van der Waals surface area contributed by atoms with Gasteiger partial charge in [-0.05, 0) is 72.8 Å². The zero-order valence-corrected chi connectivity index (χ0v) is 25.1. The van der Waals surface area contributed by atoms with Gasteiger partial charge in [0.1, 0.15) is 0 Å². The third-order valence-corrected chi connectivity index (χ3v) is 4.60.